The Balaban J connectivity index is 2.07. The van der Waals surface area contributed by atoms with Crippen LogP contribution in [-0.2, 0) is 6.54 Å². The van der Waals surface area contributed by atoms with Crippen molar-refractivity contribution < 1.29 is 4.79 Å². The van der Waals surface area contributed by atoms with E-state index >= 15 is 0 Å². The van der Waals surface area contributed by atoms with E-state index < -0.39 is 0 Å². The average Bonchev–Trinajstić information content (AvgIpc) is 2.79. The first-order valence-corrected chi connectivity index (χ1v) is 7.27. The molecule has 1 aromatic heterocycles. The van der Waals surface area contributed by atoms with Crippen LogP contribution in [-0.4, -0.2) is 41.6 Å². The van der Waals surface area contributed by atoms with E-state index in [-0.39, 0.29) is 5.91 Å². The number of rotatable bonds is 3. The number of nitrogens with one attached hydrogen (secondary N) is 1. The van der Waals surface area contributed by atoms with Crippen molar-refractivity contribution in [3.8, 4) is 0 Å². The van der Waals surface area contributed by atoms with Crippen molar-refractivity contribution >= 4 is 21.8 Å². The minimum absolute atomic E-state index is 0.150. The lowest BCUT2D eigenvalue weighted by Crippen LogP contribution is -2.44. The molecule has 0 bridgehead atoms. The van der Waals surface area contributed by atoms with E-state index in [1.54, 1.807) is 0 Å². The van der Waals surface area contributed by atoms with Crippen molar-refractivity contribution in [1.29, 1.82) is 0 Å². The lowest BCUT2D eigenvalue weighted by atomic mass is 10.1. The summed E-state index contributed by atoms with van der Waals surface area (Å²) in [6, 6.07) is 2.47. The highest BCUT2D eigenvalue weighted by molar-refractivity contribution is 9.10. The molecule has 0 spiro atoms. The first-order chi connectivity index (χ1) is 8.65. The number of halogens is 1. The largest absolute Gasteiger partial charge is 0.343 e. The fraction of sp³-hybridized carbons (Fsp3) is 0.615. The highest BCUT2D eigenvalue weighted by Crippen LogP contribution is 2.19. The number of piperidine rings is 1. The first-order valence-electron chi connectivity index (χ1n) is 6.48. The van der Waals surface area contributed by atoms with E-state index in [4.69, 9.17) is 0 Å². The predicted octanol–water partition coefficient (Wildman–Crippen LogP) is 2.09. The molecule has 4 nitrogen and oxygen atoms in total. The molecule has 1 aromatic rings. The van der Waals surface area contributed by atoms with Gasteiger partial charge in [-0.2, -0.15) is 0 Å². The van der Waals surface area contributed by atoms with Gasteiger partial charge in [0.05, 0.1) is 0 Å². The summed E-state index contributed by atoms with van der Waals surface area (Å²) >= 11 is 3.44. The molecule has 1 aliphatic heterocycles. The van der Waals surface area contributed by atoms with Gasteiger partial charge in [0, 0.05) is 36.3 Å². The Morgan fingerprint density at radius 3 is 2.72 bits per heavy atom. The van der Waals surface area contributed by atoms with Crippen LogP contribution in [0.5, 0.6) is 0 Å². The van der Waals surface area contributed by atoms with Crippen LogP contribution in [0.15, 0.2) is 16.7 Å². The van der Waals surface area contributed by atoms with E-state index in [2.05, 4.69) is 28.2 Å². The van der Waals surface area contributed by atoms with E-state index in [9.17, 15) is 4.79 Å². The SMILES string of the molecule is CCn1cc(Br)cc1C(=O)N1CCC(NC)CC1. The average molecular weight is 314 g/mol. The Morgan fingerprint density at radius 1 is 1.50 bits per heavy atom. The minimum Gasteiger partial charge on any atom is -0.343 e. The minimum atomic E-state index is 0.150. The van der Waals surface area contributed by atoms with Gasteiger partial charge in [-0.25, -0.2) is 0 Å². The second kappa shape index (κ2) is 5.89. The topological polar surface area (TPSA) is 37.3 Å². The summed E-state index contributed by atoms with van der Waals surface area (Å²) in [5.74, 6) is 0.150. The van der Waals surface area contributed by atoms with Gasteiger partial charge in [-0.1, -0.05) is 0 Å². The first kappa shape index (κ1) is 13.6. The zero-order valence-corrected chi connectivity index (χ0v) is 12.5. The molecule has 1 aliphatic rings. The number of hydrogen-bond acceptors (Lipinski definition) is 2. The fourth-order valence-electron chi connectivity index (χ4n) is 2.45. The van der Waals surface area contributed by atoms with Gasteiger partial charge < -0.3 is 14.8 Å². The van der Waals surface area contributed by atoms with Crippen molar-refractivity contribution in [1.82, 2.24) is 14.8 Å². The quantitative estimate of drug-likeness (QED) is 0.928. The lowest BCUT2D eigenvalue weighted by Gasteiger charge is -2.32. The van der Waals surface area contributed by atoms with Crippen LogP contribution in [0.4, 0.5) is 0 Å². The maximum Gasteiger partial charge on any atom is 0.270 e. The molecule has 1 amide bonds. The van der Waals surface area contributed by atoms with Crippen molar-refractivity contribution in [2.24, 2.45) is 0 Å². The third kappa shape index (κ3) is 2.78. The Labute approximate surface area is 116 Å². The molecule has 2 heterocycles. The van der Waals surface area contributed by atoms with Gasteiger partial charge in [-0.05, 0) is 48.8 Å². The molecule has 0 aliphatic carbocycles. The van der Waals surface area contributed by atoms with Crippen LogP contribution in [0.25, 0.3) is 0 Å². The number of aromatic nitrogens is 1. The van der Waals surface area contributed by atoms with Crippen LogP contribution in [0.2, 0.25) is 0 Å². The monoisotopic (exact) mass is 313 g/mol. The molecule has 0 radical (unpaired) electrons. The summed E-state index contributed by atoms with van der Waals surface area (Å²) in [5.41, 5.74) is 0.785. The normalized spacial score (nSPS) is 17.2. The zero-order valence-electron chi connectivity index (χ0n) is 10.9. The van der Waals surface area contributed by atoms with Crippen LogP contribution in [0.1, 0.15) is 30.3 Å². The summed E-state index contributed by atoms with van der Waals surface area (Å²) < 4.78 is 2.97. The molecule has 2 rings (SSSR count). The predicted molar refractivity (Wildman–Crippen MR) is 75.8 cm³/mol. The summed E-state index contributed by atoms with van der Waals surface area (Å²) in [4.78, 5) is 14.4. The molecule has 0 atom stereocenters. The van der Waals surface area contributed by atoms with Gasteiger partial charge in [-0.3, -0.25) is 4.79 Å². The number of amides is 1. The third-order valence-electron chi connectivity index (χ3n) is 3.61. The van der Waals surface area contributed by atoms with Crippen molar-refractivity contribution in [3.05, 3.63) is 22.4 Å². The highest BCUT2D eigenvalue weighted by Gasteiger charge is 2.24. The number of aryl methyl sites for hydroxylation is 1. The smallest absolute Gasteiger partial charge is 0.270 e. The van der Waals surface area contributed by atoms with Crippen LogP contribution >= 0.6 is 15.9 Å². The van der Waals surface area contributed by atoms with Crippen molar-refractivity contribution in [2.75, 3.05) is 20.1 Å². The van der Waals surface area contributed by atoms with E-state index in [0.29, 0.717) is 6.04 Å². The van der Waals surface area contributed by atoms with Gasteiger partial charge in [0.15, 0.2) is 0 Å². The Hall–Kier alpha value is -0.810. The molecule has 1 N–H and O–H groups in total. The van der Waals surface area contributed by atoms with E-state index in [0.717, 1.165) is 42.6 Å². The summed E-state index contributed by atoms with van der Waals surface area (Å²) in [7, 11) is 1.99. The standard InChI is InChI=1S/C13H20BrN3O/c1-3-16-9-10(14)8-12(16)13(18)17-6-4-11(15-2)5-7-17/h8-9,11,15H,3-7H2,1-2H3. The molecular weight excluding hydrogens is 294 g/mol. The number of likely N-dealkylation sites (tertiary alicyclic amines) is 1. The number of carbonyl (C=O) groups is 1. The van der Waals surface area contributed by atoms with E-state index in [1.807, 2.05) is 28.8 Å². The van der Waals surface area contributed by atoms with Crippen LogP contribution in [0, 0.1) is 0 Å². The second-order valence-electron chi connectivity index (χ2n) is 4.68. The molecule has 1 saturated heterocycles. The Bertz CT molecular complexity index is 422. The molecule has 100 valence electrons. The third-order valence-corrected chi connectivity index (χ3v) is 4.05. The molecule has 5 heteroatoms. The van der Waals surface area contributed by atoms with E-state index in [1.165, 1.54) is 0 Å². The van der Waals surface area contributed by atoms with Gasteiger partial charge in [0.2, 0.25) is 0 Å². The van der Waals surface area contributed by atoms with Gasteiger partial charge in [-0.15, -0.1) is 0 Å². The zero-order chi connectivity index (χ0) is 13.1. The number of nitrogens with zero attached hydrogens (tertiary/aromatic N) is 2. The molecule has 0 unspecified atom stereocenters. The van der Waals surface area contributed by atoms with Gasteiger partial charge in [0.25, 0.3) is 5.91 Å². The summed E-state index contributed by atoms with van der Waals surface area (Å²) in [6.45, 7) is 4.56. The Kier molecular flexibility index (Phi) is 4.45. The second-order valence-corrected chi connectivity index (χ2v) is 5.60. The maximum absolute atomic E-state index is 12.5. The van der Waals surface area contributed by atoms with Gasteiger partial charge >= 0.3 is 0 Å². The molecule has 0 aromatic carbocycles. The summed E-state index contributed by atoms with van der Waals surface area (Å²) in [5, 5.41) is 3.28. The highest BCUT2D eigenvalue weighted by atomic mass is 79.9. The maximum atomic E-state index is 12.5. The van der Waals surface area contributed by atoms with Gasteiger partial charge in [0.1, 0.15) is 5.69 Å². The molecule has 1 fully saturated rings. The Morgan fingerprint density at radius 2 is 2.17 bits per heavy atom. The lowest BCUT2D eigenvalue weighted by molar-refractivity contribution is 0.0696. The molecular formula is C13H20BrN3O. The number of hydrogen-bond donors (Lipinski definition) is 1. The number of carbonyl (C=O) groups excluding carboxylic acids is 1. The van der Waals surface area contributed by atoms with Crippen LogP contribution < -0.4 is 5.32 Å². The molecule has 0 saturated carbocycles. The van der Waals surface area contributed by atoms with Crippen molar-refractivity contribution in [3.63, 3.8) is 0 Å². The van der Waals surface area contributed by atoms with Crippen molar-refractivity contribution in [2.45, 2.75) is 32.4 Å². The summed E-state index contributed by atoms with van der Waals surface area (Å²) in [6.07, 6.45) is 4.04. The fourth-order valence-corrected chi connectivity index (χ4v) is 2.91. The van der Waals surface area contributed by atoms with Crippen LogP contribution in [0.3, 0.4) is 0 Å². The molecule has 18 heavy (non-hydrogen) atoms.